The zero-order chi connectivity index (χ0) is 19.4. The van der Waals surface area contributed by atoms with Crippen molar-refractivity contribution in [1.29, 1.82) is 0 Å². The first kappa shape index (κ1) is 18.6. The predicted octanol–water partition coefficient (Wildman–Crippen LogP) is 4.59. The third-order valence-corrected chi connectivity index (χ3v) is 8.00. The number of rotatable bonds is 4. The molecule has 5 aliphatic rings. The van der Waals surface area contributed by atoms with Crippen molar-refractivity contribution in [2.24, 2.45) is 22.2 Å². The summed E-state index contributed by atoms with van der Waals surface area (Å²) >= 11 is 0. The highest BCUT2D eigenvalue weighted by atomic mass is 16.5. The van der Waals surface area contributed by atoms with Crippen molar-refractivity contribution in [2.45, 2.75) is 77.9 Å². The zero-order valence-electron chi connectivity index (χ0n) is 17.5. The van der Waals surface area contributed by atoms with E-state index in [1.54, 1.807) is 0 Å². The van der Waals surface area contributed by atoms with Crippen LogP contribution in [0.4, 0.5) is 0 Å². The van der Waals surface area contributed by atoms with E-state index in [-0.39, 0.29) is 11.5 Å². The maximum Gasteiger partial charge on any atom is 0.228 e. The van der Waals surface area contributed by atoms with Crippen LogP contribution in [0.2, 0.25) is 0 Å². The molecule has 0 aromatic carbocycles. The average molecular weight is 383 g/mol. The molecule has 1 aromatic rings. The van der Waals surface area contributed by atoms with Gasteiger partial charge in [-0.25, -0.2) is 0 Å². The van der Waals surface area contributed by atoms with E-state index in [1.165, 1.54) is 19.3 Å². The molecule has 1 saturated heterocycles. The molecule has 4 saturated carbocycles. The van der Waals surface area contributed by atoms with Crippen LogP contribution >= 0.6 is 0 Å². The van der Waals surface area contributed by atoms with Crippen LogP contribution in [0.3, 0.4) is 0 Å². The number of aromatic nitrogens is 1. The number of nitrogens with zero attached hydrogens (tertiary/aromatic N) is 2. The summed E-state index contributed by atoms with van der Waals surface area (Å²) in [6, 6.07) is 5.94. The number of hydrogen-bond donors (Lipinski definition) is 0. The van der Waals surface area contributed by atoms with Crippen molar-refractivity contribution >= 4 is 5.91 Å². The van der Waals surface area contributed by atoms with Gasteiger partial charge in [-0.3, -0.25) is 9.78 Å². The number of piperidine rings is 1. The van der Waals surface area contributed by atoms with Gasteiger partial charge in [0.1, 0.15) is 0 Å². The van der Waals surface area contributed by atoms with Gasteiger partial charge in [0.25, 0.3) is 0 Å². The number of pyridine rings is 1. The lowest BCUT2D eigenvalue weighted by Gasteiger charge is -2.65. The highest BCUT2D eigenvalue weighted by Gasteiger charge is 2.63. The molecule has 0 spiro atoms. The summed E-state index contributed by atoms with van der Waals surface area (Å²) in [5, 5.41) is 0. The van der Waals surface area contributed by atoms with E-state index in [1.807, 2.05) is 24.4 Å². The molecule has 28 heavy (non-hydrogen) atoms. The van der Waals surface area contributed by atoms with E-state index in [0.717, 1.165) is 56.8 Å². The Hall–Kier alpha value is -1.42. The summed E-state index contributed by atoms with van der Waals surface area (Å²) in [4.78, 5) is 20.2. The molecule has 4 nitrogen and oxygen atoms in total. The molecule has 2 heterocycles. The summed E-state index contributed by atoms with van der Waals surface area (Å²) in [5.41, 5.74) is 1.71. The molecule has 0 radical (unpaired) electrons. The largest absolute Gasteiger partial charge is 0.372 e. The highest BCUT2D eigenvalue weighted by molar-refractivity contribution is 5.83. The summed E-state index contributed by atoms with van der Waals surface area (Å²) in [5.74, 6) is 1.24. The first-order valence-corrected chi connectivity index (χ1v) is 11.2. The Balaban J connectivity index is 1.21. The van der Waals surface area contributed by atoms with Gasteiger partial charge in [-0.1, -0.05) is 19.9 Å². The first-order chi connectivity index (χ1) is 13.4. The van der Waals surface area contributed by atoms with Crippen LogP contribution in [0.15, 0.2) is 24.4 Å². The SMILES string of the molecule is C[C@@]12CC3CC(C(=O)N4CCC(OCc5ccccn5)CC4)(C1)C[C@@](C)(C3)C2. The minimum Gasteiger partial charge on any atom is -0.372 e. The molecule has 4 heteroatoms. The third-order valence-electron chi connectivity index (χ3n) is 8.00. The van der Waals surface area contributed by atoms with E-state index in [4.69, 9.17) is 4.74 Å². The Labute approximate surface area is 169 Å². The number of likely N-dealkylation sites (tertiary alicyclic amines) is 1. The lowest BCUT2D eigenvalue weighted by molar-refractivity contribution is -0.181. The number of hydrogen-bond acceptors (Lipinski definition) is 3. The van der Waals surface area contributed by atoms with Crippen LogP contribution in [-0.4, -0.2) is 35.0 Å². The Morgan fingerprint density at radius 2 is 1.82 bits per heavy atom. The summed E-state index contributed by atoms with van der Waals surface area (Å²) < 4.78 is 6.08. The Bertz CT molecular complexity index is 722. The van der Waals surface area contributed by atoms with Crippen LogP contribution < -0.4 is 0 Å². The predicted molar refractivity (Wildman–Crippen MR) is 108 cm³/mol. The highest BCUT2D eigenvalue weighted by Crippen LogP contribution is 2.69. The van der Waals surface area contributed by atoms with E-state index in [9.17, 15) is 4.79 Å². The topological polar surface area (TPSA) is 42.4 Å². The first-order valence-electron chi connectivity index (χ1n) is 11.2. The lowest BCUT2D eigenvalue weighted by Crippen LogP contribution is -2.61. The van der Waals surface area contributed by atoms with E-state index >= 15 is 0 Å². The molecule has 6 rings (SSSR count). The van der Waals surface area contributed by atoms with Gasteiger partial charge in [-0.2, -0.15) is 0 Å². The second-order valence-corrected chi connectivity index (χ2v) is 11.0. The third kappa shape index (κ3) is 3.28. The molecule has 0 unspecified atom stereocenters. The smallest absolute Gasteiger partial charge is 0.228 e. The van der Waals surface area contributed by atoms with Gasteiger partial charge < -0.3 is 9.64 Å². The number of carbonyl (C=O) groups excluding carboxylic acids is 1. The number of carbonyl (C=O) groups is 1. The standard InChI is InChI=1S/C24H34N2O2/c1-22-11-18-12-23(2,15-22)17-24(13-18,16-22)21(27)26-9-6-20(7-10-26)28-14-19-5-3-4-8-25-19/h3-5,8,18,20H,6-7,9-17H2,1-2H3/t18?,22-,23-,24?/m0/s1. The molecule has 1 amide bonds. The molecular formula is C24H34N2O2. The van der Waals surface area contributed by atoms with Crippen LogP contribution in [0.5, 0.6) is 0 Å². The summed E-state index contributed by atoms with van der Waals surface area (Å²) in [6.45, 7) is 7.18. The molecule has 1 aromatic heterocycles. The summed E-state index contributed by atoms with van der Waals surface area (Å²) in [7, 11) is 0. The van der Waals surface area contributed by atoms with Gasteiger partial charge >= 0.3 is 0 Å². The zero-order valence-corrected chi connectivity index (χ0v) is 17.5. The molecule has 152 valence electrons. The van der Waals surface area contributed by atoms with Crippen LogP contribution in [-0.2, 0) is 16.1 Å². The van der Waals surface area contributed by atoms with Gasteiger partial charge in [0.2, 0.25) is 5.91 Å². The monoisotopic (exact) mass is 382 g/mol. The van der Waals surface area contributed by atoms with Crippen molar-refractivity contribution in [1.82, 2.24) is 9.88 Å². The second-order valence-electron chi connectivity index (χ2n) is 11.0. The molecule has 1 aliphatic heterocycles. The van der Waals surface area contributed by atoms with E-state index < -0.39 is 0 Å². The average Bonchev–Trinajstić information content (AvgIpc) is 2.64. The quantitative estimate of drug-likeness (QED) is 0.765. The molecule has 2 atom stereocenters. The minimum atomic E-state index is -0.0649. The fraction of sp³-hybridized carbons (Fsp3) is 0.750. The fourth-order valence-electron chi connectivity index (χ4n) is 7.93. The van der Waals surface area contributed by atoms with Crippen LogP contribution in [0.1, 0.15) is 70.9 Å². The minimum absolute atomic E-state index is 0.0649. The molecule has 5 fully saturated rings. The normalized spacial score (nSPS) is 40.1. The van der Waals surface area contributed by atoms with Crippen LogP contribution in [0.25, 0.3) is 0 Å². The lowest BCUT2D eigenvalue weighted by atomic mass is 9.40. The Morgan fingerprint density at radius 1 is 1.11 bits per heavy atom. The van der Waals surface area contributed by atoms with Gasteiger partial charge in [0.05, 0.1) is 23.8 Å². The summed E-state index contributed by atoms with van der Waals surface area (Å²) in [6.07, 6.45) is 11.4. The van der Waals surface area contributed by atoms with Gasteiger partial charge in [0, 0.05) is 19.3 Å². The van der Waals surface area contributed by atoms with Gasteiger partial charge in [0.15, 0.2) is 0 Å². The molecular weight excluding hydrogens is 348 g/mol. The van der Waals surface area contributed by atoms with Crippen molar-refractivity contribution in [3.8, 4) is 0 Å². The maximum absolute atomic E-state index is 13.7. The Morgan fingerprint density at radius 3 is 2.43 bits per heavy atom. The molecule has 4 aliphatic carbocycles. The van der Waals surface area contributed by atoms with Gasteiger partial charge in [-0.05, 0) is 80.2 Å². The van der Waals surface area contributed by atoms with E-state index in [2.05, 4.69) is 23.7 Å². The van der Waals surface area contributed by atoms with Crippen LogP contribution in [0, 0.1) is 22.2 Å². The van der Waals surface area contributed by atoms with E-state index in [0.29, 0.717) is 23.3 Å². The van der Waals surface area contributed by atoms with Gasteiger partial charge in [-0.15, -0.1) is 0 Å². The van der Waals surface area contributed by atoms with Crippen molar-refractivity contribution in [3.63, 3.8) is 0 Å². The van der Waals surface area contributed by atoms with Crippen molar-refractivity contribution in [3.05, 3.63) is 30.1 Å². The van der Waals surface area contributed by atoms with Crippen molar-refractivity contribution < 1.29 is 9.53 Å². The number of amides is 1. The van der Waals surface area contributed by atoms with Crippen molar-refractivity contribution in [2.75, 3.05) is 13.1 Å². The number of ether oxygens (including phenoxy) is 1. The maximum atomic E-state index is 13.7. The molecule has 4 bridgehead atoms. The second kappa shape index (κ2) is 6.55. The fourth-order valence-corrected chi connectivity index (χ4v) is 7.93. The molecule has 0 N–H and O–H groups in total. The Kier molecular flexibility index (Phi) is 4.35.